The average Bonchev–Trinajstić information content (AvgIpc) is 2.47. The molecular formula is C13H24OSi. The van der Waals surface area contributed by atoms with Crippen molar-refractivity contribution in [2.24, 2.45) is 11.8 Å². The van der Waals surface area contributed by atoms with Crippen molar-refractivity contribution in [2.75, 3.05) is 0 Å². The van der Waals surface area contributed by atoms with Gasteiger partial charge in [0.15, 0.2) is 0 Å². The van der Waals surface area contributed by atoms with E-state index < -0.39 is 8.32 Å². The second-order valence-electron chi connectivity index (χ2n) is 5.81. The summed E-state index contributed by atoms with van der Waals surface area (Å²) in [7, 11) is -1.48. The lowest BCUT2D eigenvalue weighted by molar-refractivity contribution is 0.389. The van der Waals surface area contributed by atoms with Gasteiger partial charge in [0.05, 0.1) is 5.76 Å². The van der Waals surface area contributed by atoms with E-state index in [9.17, 15) is 0 Å². The van der Waals surface area contributed by atoms with Crippen LogP contribution in [-0.4, -0.2) is 8.32 Å². The van der Waals surface area contributed by atoms with E-state index in [2.05, 4.69) is 46.1 Å². The maximum Gasteiger partial charge on any atom is 0.242 e. The van der Waals surface area contributed by atoms with E-state index in [1.54, 1.807) is 0 Å². The summed E-state index contributed by atoms with van der Waals surface area (Å²) in [5, 5.41) is 0. The Labute approximate surface area is 95.4 Å². The summed E-state index contributed by atoms with van der Waals surface area (Å²) >= 11 is 0. The van der Waals surface area contributed by atoms with Crippen LogP contribution < -0.4 is 0 Å². The van der Waals surface area contributed by atoms with Crippen molar-refractivity contribution in [2.45, 2.75) is 46.3 Å². The molecule has 0 fully saturated rings. The quantitative estimate of drug-likeness (QED) is 0.510. The first-order chi connectivity index (χ1) is 6.79. The third-order valence-corrected chi connectivity index (χ3v) is 3.74. The Bertz CT molecular complexity index is 271. The van der Waals surface area contributed by atoms with Gasteiger partial charge < -0.3 is 4.43 Å². The number of rotatable bonds is 4. The summed E-state index contributed by atoms with van der Waals surface area (Å²) in [6.07, 6.45) is 4.66. The fourth-order valence-electron chi connectivity index (χ4n) is 1.91. The minimum atomic E-state index is -1.48. The molecule has 0 heterocycles. The molecule has 0 spiro atoms. The van der Waals surface area contributed by atoms with Crippen LogP contribution in [0.3, 0.4) is 0 Å². The van der Waals surface area contributed by atoms with E-state index in [0.717, 1.165) is 24.0 Å². The van der Waals surface area contributed by atoms with Gasteiger partial charge in [-0.2, -0.15) is 0 Å². The fourth-order valence-corrected chi connectivity index (χ4v) is 2.78. The Morgan fingerprint density at radius 1 is 1.47 bits per heavy atom. The molecule has 0 radical (unpaired) electrons. The molecule has 1 nitrogen and oxygen atoms in total. The van der Waals surface area contributed by atoms with Gasteiger partial charge in [0.25, 0.3) is 0 Å². The molecule has 0 amide bonds. The van der Waals surface area contributed by atoms with Gasteiger partial charge in [-0.15, -0.1) is 0 Å². The molecule has 1 aliphatic rings. The molecule has 0 aliphatic heterocycles. The highest BCUT2D eigenvalue weighted by molar-refractivity contribution is 6.70. The van der Waals surface area contributed by atoms with Crippen molar-refractivity contribution in [1.82, 2.24) is 0 Å². The van der Waals surface area contributed by atoms with E-state index >= 15 is 0 Å². The van der Waals surface area contributed by atoms with Gasteiger partial charge in [-0.3, -0.25) is 0 Å². The van der Waals surface area contributed by atoms with Crippen LogP contribution >= 0.6 is 0 Å². The summed E-state index contributed by atoms with van der Waals surface area (Å²) in [5.41, 5.74) is 1.34. The van der Waals surface area contributed by atoms with Crippen LogP contribution in [-0.2, 0) is 4.43 Å². The SMILES string of the molecule is C=C(O[Si](C)(C)C)C1=CC[C@H](C(C)C)C1. The van der Waals surface area contributed by atoms with Crippen molar-refractivity contribution in [3.05, 3.63) is 24.0 Å². The van der Waals surface area contributed by atoms with E-state index in [1.165, 1.54) is 12.0 Å². The maximum atomic E-state index is 5.93. The van der Waals surface area contributed by atoms with Crippen molar-refractivity contribution in [3.63, 3.8) is 0 Å². The zero-order chi connectivity index (χ0) is 11.6. The first kappa shape index (κ1) is 12.6. The standard InChI is InChI=1S/C13H24OSi/c1-10(2)12-7-8-13(9-12)11(3)14-15(4,5)6/h8,10,12H,3,7,9H2,1-2,4-6H3/t12-/m0/s1. The molecule has 1 atom stereocenters. The van der Waals surface area contributed by atoms with Crippen molar-refractivity contribution in [3.8, 4) is 0 Å². The van der Waals surface area contributed by atoms with Crippen molar-refractivity contribution >= 4 is 8.32 Å². The van der Waals surface area contributed by atoms with Gasteiger partial charge in [-0.1, -0.05) is 26.5 Å². The molecule has 15 heavy (non-hydrogen) atoms. The molecule has 2 heteroatoms. The molecule has 0 aromatic carbocycles. The Morgan fingerprint density at radius 2 is 2.07 bits per heavy atom. The molecule has 86 valence electrons. The van der Waals surface area contributed by atoms with E-state index in [4.69, 9.17) is 4.43 Å². The lowest BCUT2D eigenvalue weighted by Gasteiger charge is -2.22. The molecular weight excluding hydrogens is 200 g/mol. The average molecular weight is 224 g/mol. The fraction of sp³-hybridized carbons (Fsp3) is 0.692. The molecule has 0 aromatic heterocycles. The second kappa shape index (κ2) is 4.56. The number of hydrogen-bond donors (Lipinski definition) is 0. The predicted molar refractivity (Wildman–Crippen MR) is 69.2 cm³/mol. The van der Waals surface area contributed by atoms with Gasteiger partial charge in [-0.25, -0.2) is 0 Å². The third-order valence-electron chi connectivity index (χ3n) is 2.88. The van der Waals surface area contributed by atoms with E-state index in [1.807, 2.05) is 0 Å². The summed E-state index contributed by atoms with van der Waals surface area (Å²) in [5.74, 6) is 2.48. The zero-order valence-corrected chi connectivity index (χ0v) is 11.8. The summed E-state index contributed by atoms with van der Waals surface area (Å²) in [4.78, 5) is 0. The smallest absolute Gasteiger partial charge is 0.242 e. The van der Waals surface area contributed by atoms with Crippen LogP contribution in [0.25, 0.3) is 0 Å². The molecule has 0 unspecified atom stereocenters. The van der Waals surface area contributed by atoms with Crippen LogP contribution in [0.15, 0.2) is 24.0 Å². The second-order valence-corrected chi connectivity index (χ2v) is 10.2. The molecule has 0 saturated heterocycles. The Kier molecular flexibility index (Phi) is 3.82. The van der Waals surface area contributed by atoms with Gasteiger partial charge in [0, 0.05) is 0 Å². The zero-order valence-electron chi connectivity index (χ0n) is 10.8. The topological polar surface area (TPSA) is 9.23 Å². The van der Waals surface area contributed by atoms with Crippen LogP contribution in [0.5, 0.6) is 0 Å². The van der Waals surface area contributed by atoms with E-state index in [0.29, 0.717) is 0 Å². The van der Waals surface area contributed by atoms with Crippen molar-refractivity contribution in [1.29, 1.82) is 0 Å². The Morgan fingerprint density at radius 3 is 2.47 bits per heavy atom. The van der Waals surface area contributed by atoms with Gasteiger partial charge in [-0.05, 0) is 49.9 Å². The largest absolute Gasteiger partial charge is 0.545 e. The van der Waals surface area contributed by atoms with E-state index in [-0.39, 0.29) is 0 Å². The monoisotopic (exact) mass is 224 g/mol. The van der Waals surface area contributed by atoms with Gasteiger partial charge in [0.2, 0.25) is 8.32 Å². The summed E-state index contributed by atoms with van der Waals surface area (Å²) in [6.45, 7) is 15.3. The highest BCUT2D eigenvalue weighted by atomic mass is 28.4. The van der Waals surface area contributed by atoms with Gasteiger partial charge >= 0.3 is 0 Å². The highest BCUT2D eigenvalue weighted by Gasteiger charge is 2.24. The lowest BCUT2D eigenvalue weighted by atomic mass is 9.92. The molecule has 1 aliphatic carbocycles. The number of hydrogen-bond acceptors (Lipinski definition) is 1. The highest BCUT2D eigenvalue weighted by Crippen LogP contribution is 2.34. The maximum absolute atomic E-state index is 5.93. The molecule has 0 bridgehead atoms. The molecule has 0 aromatic rings. The third kappa shape index (κ3) is 3.86. The first-order valence-corrected chi connectivity index (χ1v) is 9.28. The normalized spacial score (nSPS) is 21.7. The molecule has 0 N–H and O–H groups in total. The van der Waals surface area contributed by atoms with Crippen molar-refractivity contribution < 1.29 is 4.43 Å². The van der Waals surface area contributed by atoms with Crippen LogP contribution in [0.2, 0.25) is 19.6 Å². The minimum absolute atomic E-state index is 0.762. The molecule has 1 rings (SSSR count). The lowest BCUT2D eigenvalue weighted by Crippen LogP contribution is -2.25. The van der Waals surface area contributed by atoms with Crippen LogP contribution in [0.4, 0.5) is 0 Å². The summed E-state index contributed by atoms with van der Waals surface area (Å²) < 4.78 is 5.93. The van der Waals surface area contributed by atoms with Crippen LogP contribution in [0.1, 0.15) is 26.7 Å². The number of allylic oxidation sites excluding steroid dienone is 2. The van der Waals surface area contributed by atoms with Crippen LogP contribution in [0, 0.1) is 11.8 Å². The Balaban J connectivity index is 2.51. The molecule has 0 saturated carbocycles. The predicted octanol–water partition coefficient (Wildman–Crippen LogP) is 4.34. The first-order valence-electron chi connectivity index (χ1n) is 5.87. The Hall–Kier alpha value is -0.503. The minimum Gasteiger partial charge on any atom is -0.545 e. The van der Waals surface area contributed by atoms with Gasteiger partial charge in [0.1, 0.15) is 0 Å². The summed E-state index contributed by atoms with van der Waals surface area (Å²) in [6, 6.07) is 0.